The minimum absolute atomic E-state index is 0.143. The average molecular weight is 291 g/mol. The monoisotopic (exact) mass is 290 g/mol. The summed E-state index contributed by atoms with van der Waals surface area (Å²) < 4.78 is 13.3. The van der Waals surface area contributed by atoms with E-state index in [1.807, 2.05) is 13.0 Å². The van der Waals surface area contributed by atoms with Crippen LogP contribution in [0.15, 0.2) is 18.2 Å². The van der Waals surface area contributed by atoms with Crippen LogP contribution >= 0.6 is 23.2 Å². The Morgan fingerprint density at radius 3 is 2.33 bits per heavy atom. The molecule has 0 N–H and O–H groups in total. The summed E-state index contributed by atoms with van der Waals surface area (Å²) in [5, 5.41) is 0. The fraction of sp³-hybridized carbons (Fsp3) is 0.600. The molecule has 102 valence electrons. The van der Waals surface area contributed by atoms with Crippen LogP contribution in [0.4, 0.5) is 4.39 Å². The number of aryl methyl sites for hydroxylation is 1. The van der Waals surface area contributed by atoms with Crippen LogP contribution in [0.5, 0.6) is 0 Å². The first-order valence-electron chi connectivity index (χ1n) is 6.29. The van der Waals surface area contributed by atoms with Crippen LogP contribution in [0.1, 0.15) is 31.4 Å². The van der Waals surface area contributed by atoms with E-state index in [1.165, 1.54) is 6.07 Å². The molecule has 0 aliphatic heterocycles. The van der Waals surface area contributed by atoms with Gasteiger partial charge in [-0.1, -0.05) is 19.9 Å². The molecule has 1 aromatic carbocycles. The lowest BCUT2D eigenvalue weighted by Gasteiger charge is -2.32. The van der Waals surface area contributed by atoms with E-state index in [1.54, 1.807) is 6.07 Å². The van der Waals surface area contributed by atoms with Gasteiger partial charge in [0, 0.05) is 17.2 Å². The standard InChI is InChI=1S/C15H21Cl2F/c1-11(2)7-15(9-16,10-17)8-13-6-14(18)5-4-12(13)3/h4-6,11H,7-10H2,1-3H3. The lowest BCUT2D eigenvalue weighted by Crippen LogP contribution is -2.30. The largest absolute Gasteiger partial charge is 0.207 e. The van der Waals surface area contributed by atoms with Gasteiger partial charge in [-0.2, -0.15) is 0 Å². The molecule has 0 spiro atoms. The van der Waals surface area contributed by atoms with E-state index in [0.29, 0.717) is 17.7 Å². The minimum Gasteiger partial charge on any atom is -0.207 e. The van der Waals surface area contributed by atoms with Gasteiger partial charge in [0.05, 0.1) is 0 Å². The first kappa shape index (κ1) is 15.8. The van der Waals surface area contributed by atoms with E-state index in [2.05, 4.69) is 13.8 Å². The molecule has 0 fully saturated rings. The molecule has 0 nitrogen and oxygen atoms in total. The van der Waals surface area contributed by atoms with Crippen LogP contribution in [0.2, 0.25) is 0 Å². The first-order chi connectivity index (χ1) is 8.42. The van der Waals surface area contributed by atoms with Gasteiger partial charge in [-0.3, -0.25) is 0 Å². The Kier molecular flexibility index (Phi) is 5.94. The molecule has 0 heterocycles. The summed E-state index contributed by atoms with van der Waals surface area (Å²) in [4.78, 5) is 0. The maximum Gasteiger partial charge on any atom is 0.123 e. The van der Waals surface area contributed by atoms with Crippen molar-refractivity contribution in [3.8, 4) is 0 Å². The molecule has 0 amide bonds. The van der Waals surface area contributed by atoms with Crippen molar-refractivity contribution in [3.63, 3.8) is 0 Å². The molecule has 0 aliphatic carbocycles. The fourth-order valence-corrected chi connectivity index (χ4v) is 3.10. The third-order valence-electron chi connectivity index (χ3n) is 3.28. The van der Waals surface area contributed by atoms with E-state index >= 15 is 0 Å². The second kappa shape index (κ2) is 6.77. The van der Waals surface area contributed by atoms with E-state index in [-0.39, 0.29) is 11.2 Å². The van der Waals surface area contributed by atoms with E-state index in [4.69, 9.17) is 23.2 Å². The highest BCUT2D eigenvalue weighted by Gasteiger charge is 2.30. The third-order valence-corrected chi connectivity index (χ3v) is 4.42. The van der Waals surface area contributed by atoms with Crippen molar-refractivity contribution < 1.29 is 4.39 Å². The predicted octanol–water partition coefficient (Wildman–Crippen LogP) is 5.19. The molecular formula is C15H21Cl2F. The van der Waals surface area contributed by atoms with Gasteiger partial charge < -0.3 is 0 Å². The molecule has 0 saturated heterocycles. The fourth-order valence-electron chi connectivity index (χ4n) is 2.41. The van der Waals surface area contributed by atoms with Gasteiger partial charge in [-0.25, -0.2) is 4.39 Å². The van der Waals surface area contributed by atoms with Crippen molar-refractivity contribution in [2.75, 3.05) is 11.8 Å². The van der Waals surface area contributed by atoms with Gasteiger partial charge in [0.1, 0.15) is 5.82 Å². The zero-order valence-corrected chi connectivity index (χ0v) is 12.8. The Morgan fingerprint density at radius 2 is 1.83 bits per heavy atom. The number of rotatable bonds is 6. The Labute approximate surface area is 119 Å². The maximum absolute atomic E-state index is 13.3. The van der Waals surface area contributed by atoms with Crippen LogP contribution in [0.25, 0.3) is 0 Å². The smallest absolute Gasteiger partial charge is 0.123 e. The summed E-state index contributed by atoms with van der Waals surface area (Å²) in [7, 11) is 0. The SMILES string of the molecule is Cc1ccc(F)cc1CC(CCl)(CCl)CC(C)C. The number of alkyl halides is 2. The highest BCUT2D eigenvalue weighted by atomic mass is 35.5. The van der Waals surface area contributed by atoms with E-state index in [9.17, 15) is 4.39 Å². The Bertz CT molecular complexity index is 384. The van der Waals surface area contributed by atoms with E-state index in [0.717, 1.165) is 24.0 Å². The van der Waals surface area contributed by atoms with Crippen LogP contribution in [0, 0.1) is 24.1 Å². The third kappa shape index (κ3) is 4.13. The summed E-state index contributed by atoms with van der Waals surface area (Å²) in [5.74, 6) is 1.34. The molecule has 0 aliphatic rings. The van der Waals surface area contributed by atoms with Crippen LogP contribution < -0.4 is 0 Å². The second-order valence-electron chi connectivity index (χ2n) is 5.61. The van der Waals surface area contributed by atoms with Gasteiger partial charge in [0.25, 0.3) is 0 Å². The highest BCUT2D eigenvalue weighted by Crippen LogP contribution is 2.34. The molecule has 18 heavy (non-hydrogen) atoms. The van der Waals surface area contributed by atoms with Crippen molar-refractivity contribution >= 4 is 23.2 Å². The number of halogens is 3. The topological polar surface area (TPSA) is 0 Å². The molecule has 1 rings (SSSR count). The Morgan fingerprint density at radius 1 is 1.22 bits per heavy atom. The summed E-state index contributed by atoms with van der Waals surface area (Å²) in [6.07, 6.45) is 1.69. The normalized spacial score (nSPS) is 12.2. The van der Waals surface area contributed by atoms with Crippen molar-refractivity contribution in [3.05, 3.63) is 35.1 Å². The molecule has 0 aromatic heterocycles. The Hall–Kier alpha value is -0.270. The quantitative estimate of drug-likeness (QED) is 0.633. The van der Waals surface area contributed by atoms with Crippen molar-refractivity contribution in [2.24, 2.45) is 11.3 Å². The van der Waals surface area contributed by atoms with Gasteiger partial charge in [-0.15, -0.1) is 23.2 Å². The predicted molar refractivity (Wildman–Crippen MR) is 78.2 cm³/mol. The number of hydrogen-bond acceptors (Lipinski definition) is 0. The molecule has 0 atom stereocenters. The number of benzene rings is 1. The molecule has 1 aromatic rings. The Balaban J connectivity index is 2.98. The molecule has 0 radical (unpaired) electrons. The summed E-state index contributed by atoms with van der Waals surface area (Å²) >= 11 is 12.3. The maximum atomic E-state index is 13.3. The summed E-state index contributed by atoms with van der Waals surface area (Å²) in [6, 6.07) is 4.90. The van der Waals surface area contributed by atoms with Crippen LogP contribution in [-0.4, -0.2) is 11.8 Å². The molecule has 0 saturated carbocycles. The number of hydrogen-bond donors (Lipinski definition) is 0. The lowest BCUT2D eigenvalue weighted by atomic mass is 9.77. The van der Waals surface area contributed by atoms with Crippen molar-refractivity contribution in [1.29, 1.82) is 0 Å². The van der Waals surface area contributed by atoms with Gasteiger partial charge in [0.2, 0.25) is 0 Å². The lowest BCUT2D eigenvalue weighted by molar-refractivity contribution is 0.295. The first-order valence-corrected chi connectivity index (χ1v) is 7.36. The molecule has 0 bridgehead atoms. The molecular weight excluding hydrogens is 270 g/mol. The summed E-state index contributed by atoms with van der Waals surface area (Å²) in [6.45, 7) is 6.32. The highest BCUT2D eigenvalue weighted by molar-refractivity contribution is 6.21. The average Bonchev–Trinajstić information content (AvgIpc) is 2.32. The zero-order valence-electron chi connectivity index (χ0n) is 11.3. The molecule has 3 heteroatoms. The van der Waals surface area contributed by atoms with Crippen molar-refractivity contribution in [1.82, 2.24) is 0 Å². The van der Waals surface area contributed by atoms with Crippen molar-refractivity contribution in [2.45, 2.75) is 33.6 Å². The zero-order chi connectivity index (χ0) is 13.8. The second-order valence-corrected chi connectivity index (χ2v) is 6.15. The molecule has 0 unspecified atom stereocenters. The van der Waals surface area contributed by atoms with Crippen LogP contribution in [0.3, 0.4) is 0 Å². The van der Waals surface area contributed by atoms with Gasteiger partial charge in [0.15, 0.2) is 0 Å². The minimum atomic E-state index is -0.196. The van der Waals surface area contributed by atoms with Gasteiger partial charge >= 0.3 is 0 Å². The van der Waals surface area contributed by atoms with Crippen LogP contribution in [-0.2, 0) is 6.42 Å². The van der Waals surface area contributed by atoms with Gasteiger partial charge in [-0.05, 0) is 48.9 Å². The summed E-state index contributed by atoms with van der Waals surface area (Å²) in [5.41, 5.74) is 1.97. The van der Waals surface area contributed by atoms with E-state index < -0.39 is 0 Å².